The van der Waals surface area contributed by atoms with Crippen LogP contribution in [0.5, 0.6) is 0 Å². The van der Waals surface area contributed by atoms with E-state index < -0.39 is 32.7 Å². The normalized spacial score (nSPS) is 19.0. The van der Waals surface area contributed by atoms with E-state index in [2.05, 4.69) is 9.55 Å². The summed E-state index contributed by atoms with van der Waals surface area (Å²) < 4.78 is 69.7. The van der Waals surface area contributed by atoms with Crippen LogP contribution in [0.4, 0.5) is 13.2 Å². The Morgan fingerprint density at radius 3 is 2.62 bits per heavy atom. The van der Waals surface area contributed by atoms with E-state index in [1.54, 1.807) is 17.3 Å². The molecule has 1 aromatic carbocycles. The van der Waals surface area contributed by atoms with Gasteiger partial charge in [0.2, 0.25) is 15.9 Å². The smallest absolute Gasteiger partial charge is 0.341 e. The Balaban J connectivity index is 1.31. The van der Waals surface area contributed by atoms with Gasteiger partial charge in [0.15, 0.2) is 0 Å². The van der Waals surface area contributed by atoms with Gasteiger partial charge < -0.3 is 9.47 Å². The Bertz CT molecular complexity index is 1390. The Morgan fingerprint density at radius 2 is 1.86 bits per heavy atom. The van der Waals surface area contributed by atoms with Gasteiger partial charge in [-0.2, -0.15) is 17.5 Å². The van der Waals surface area contributed by atoms with Crippen molar-refractivity contribution in [1.29, 1.82) is 0 Å². The molecule has 1 amide bonds. The summed E-state index contributed by atoms with van der Waals surface area (Å²) in [4.78, 5) is 18.8. The molecule has 1 saturated heterocycles. The zero-order chi connectivity index (χ0) is 26.2. The first-order valence-electron chi connectivity index (χ1n) is 12.2. The first kappa shape index (κ1) is 25.5. The molecule has 2 aliphatic rings. The molecule has 7 nitrogen and oxygen atoms in total. The van der Waals surface area contributed by atoms with Crippen LogP contribution in [0.25, 0.3) is 11.3 Å². The maximum atomic E-state index is 13.4. The molecule has 5 rings (SSSR count). The van der Waals surface area contributed by atoms with Crippen molar-refractivity contribution < 1.29 is 26.4 Å². The molecule has 1 fully saturated rings. The van der Waals surface area contributed by atoms with E-state index in [0.717, 1.165) is 35.5 Å². The van der Waals surface area contributed by atoms with Crippen LogP contribution >= 0.6 is 0 Å². The number of piperidine rings is 1. The third-order valence-electron chi connectivity index (χ3n) is 7.08. The largest absolute Gasteiger partial charge is 0.416 e. The van der Waals surface area contributed by atoms with Crippen molar-refractivity contribution in [2.45, 2.75) is 55.9 Å². The number of alkyl halides is 3. The van der Waals surface area contributed by atoms with Gasteiger partial charge in [-0.3, -0.25) is 9.78 Å². The highest BCUT2D eigenvalue weighted by atomic mass is 32.2. The van der Waals surface area contributed by atoms with Crippen LogP contribution < -0.4 is 0 Å². The zero-order valence-corrected chi connectivity index (χ0v) is 20.9. The van der Waals surface area contributed by atoms with Crippen LogP contribution in [-0.2, 0) is 34.1 Å². The topological polar surface area (TPSA) is 75.5 Å². The summed E-state index contributed by atoms with van der Waals surface area (Å²) in [6, 6.07) is 11.0. The van der Waals surface area contributed by atoms with Crippen molar-refractivity contribution in [3.05, 3.63) is 72.2 Å². The van der Waals surface area contributed by atoms with Gasteiger partial charge in [0.25, 0.3) is 0 Å². The van der Waals surface area contributed by atoms with Crippen molar-refractivity contribution in [2.24, 2.45) is 0 Å². The SMILES string of the molecule is O=C(CC1CCCCN1S(=O)(=O)c1cccc(C(F)(F)F)c1)N1CCn2c(ccc2-c2cccnc2)C1. The average molecular weight is 533 g/mol. The molecule has 0 saturated carbocycles. The lowest BCUT2D eigenvalue weighted by atomic mass is 10.0. The molecule has 0 radical (unpaired) electrons. The number of aromatic nitrogens is 2. The van der Waals surface area contributed by atoms with E-state index in [0.29, 0.717) is 38.5 Å². The lowest BCUT2D eigenvalue weighted by Crippen LogP contribution is -2.47. The van der Waals surface area contributed by atoms with Gasteiger partial charge in [-0.1, -0.05) is 12.5 Å². The molecular weight excluding hydrogens is 505 g/mol. The molecule has 2 aromatic heterocycles. The van der Waals surface area contributed by atoms with Gasteiger partial charge in [-0.25, -0.2) is 8.42 Å². The Morgan fingerprint density at radius 1 is 1.03 bits per heavy atom. The molecule has 4 heterocycles. The van der Waals surface area contributed by atoms with Gasteiger partial charge in [0.1, 0.15) is 0 Å². The summed E-state index contributed by atoms with van der Waals surface area (Å²) in [7, 11) is -4.19. The van der Waals surface area contributed by atoms with Crippen LogP contribution in [0.15, 0.2) is 65.8 Å². The minimum atomic E-state index is -4.65. The molecule has 196 valence electrons. The summed E-state index contributed by atoms with van der Waals surface area (Å²) in [5, 5.41) is 0. The maximum Gasteiger partial charge on any atom is 0.416 e. The second kappa shape index (κ2) is 9.94. The molecule has 1 atom stereocenters. The van der Waals surface area contributed by atoms with E-state index in [9.17, 15) is 26.4 Å². The lowest BCUT2D eigenvalue weighted by molar-refractivity contribution is -0.137. The number of carbonyl (C=O) groups excluding carboxylic acids is 1. The predicted octanol–water partition coefficient (Wildman–Crippen LogP) is 4.54. The van der Waals surface area contributed by atoms with Gasteiger partial charge in [0, 0.05) is 61.4 Å². The van der Waals surface area contributed by atoms with Crippen molar-refractivity contribution >= 4 is 15.9 Å². The van der Waals surface area contributed by atoms with Crippen LogP contribution in [0.3, 0.4) is 0 Å². The fourth-order valence-corrected chi connectivity index (χ4v) is 6.92. The summed E-state index contributed by atoms with van der Waals surface area (Å²) in [6.45, 7) is 1.68. The minimum Gasteiger partial charge on any atom is -0.341 e. The highest BCUT2D eigenvalue weighted by Gasteiger charge is 2.38. The Hall–Kier alpha value is -3.18. The number of benzene rings is 1. The predicted molar refractivity (Wildman–Crippen MR) is 131 cm³/mol. The lowest BCUT2D eigenvalue weighted by Gasteiger charge is -2.36. The molecule has 1 unspecified atom stereocenters. The number of sulfonamides is 1. The highest BCUT2D eigenvalue weighted by Crippen LogP contribution is 2.33. The van der Waals surface area contributed by atoms with Crippen LogP contribution in [-0.4, -0.2) is 52.2 Å². The number of nitrogens with zero attached hydrogens (tertiary/aromatic N) is 4. The number of fused-ring (bicyclic) bond motifs is 1. The van der Waals surface area contributed by atoms with Crippen molar-refractivity contribution in [3.8, 4) is 11.3 Å². The number of pyridine rings is 1. The molecule has 0 bridgehead atoms. The average Bonchev–Trinajstić information content (AvgIpc) is 3.32. The second-order valence-corrected chi connectivity index (χ2v) is 11.3. The fraction of sp³-hybridized carbons (Fsp3) is 0.385. The van der Waals surface area contributed by atoms with Crippen molar-refractivity contribution in [3.63, 3.8) is 0 Å². The van der Waals surface area contributed by atoms with Gasteiger partial charge in [-0.05, 0) is 55.3 Å². The summed E-state index contributed by atoms with van der Waals surface area (Å²) >= 11 is 0. The zero-order valence-electron chi connectivity index (χ0n) is 20.1. The Kier molecular flexibility index (Phi) is 6.84. The molecular formula is C26H27F3N4O3S. The fourth-order valence-electron chi connectivity index (χ4n) is 5.18. The second-order valence-electron chi connectivity index (χ2n) is 9.41. The van der Waals surface area contributed by atoms with Crippen molar-refractivity contribution in [2.75, 3.05) is 13.1 Å². The standard InChI is InChI=1S/C26H27F3N4O3S/c27-26(28,29)20-6-3-8-23(15-20)37(35,36)33-12-2-1-7-21(33)16-25(34)31-13-14-32-22(18-31)9-10-24(32)19-5-4-11-30-17-19/h3-6,8-11,15,17,21H,1-2,7,12-14,16,18H2. The minimum absolute atomic E-state index is 0.00559. The van der Waals surface area contributed by atoms with Gasteiger partial charge >= 0.3 is 6.18 Å². The Labute approximate surface area is 213 Å². The third-order valence-corrected chi connectivity index (χ3v) is 9.03. The molecule has 2 aliphatic heterocycles. The molecule has 37 heavy (non-hydrogen) atoms. The van der Waals surface area contributed by atoms with E-state index in [4.69, 9.17) is 0 Å². The quantitative estimate of drug-likeness (QED) is 0.484. The van der Waals surface area contributed by atoms with Crippen LogP contribution in [0.2, 0.25) is 0 Å². The number of amides is 1. The molecule has 11 heteroatoms. The summed E-state index contributed by atoms with van der Waals surface area (Å²) in [5.41, 5.74) is 1.99. The number of hydrogen-bond acceptors (Lipinski definition) is 4. The first-order chi connectivity index (χ1) is 17.6. The van der Waals surface area contributed by atoms with Crippen LogP contribution in [0, 0.1) is 0 Å². The van der Waals surface area contributed by atoms with E-state index in [1.807, 2.05) is 24.3 Å². The summed E-state index contributed by atoms with van der Waals surface area (Å²) in [5.74, 6) is -0.161. The van der Waals surface area contributed by atoms with Gasteiger partial charge in [-0.15, -0.1) is 0 Å². The summed E-state index contributed by atoms with van der Waals surface area (Å²) in [6.07, 6.45) is 0.689. The number of rotatable bonds is 5. The monoisotopic (exact) mass is 532 g/mol. The number of carbonyl (C=O) groups is 1. The number of hydrogen-bond donors (Lipinski definition) is 0. The van der Waals surface area contributed by atoms with Crippen molar-refractivity contribution in [1.82, 2.24) is 18.8 Å². The van der Waals surface area contributed by atoms with E-state index in [1.165, 1.54) is 10.4 Å². The molecule has 3 aromatic rings. The number of halogens is 3. The first-order valence-corrected chi connectivity index (χ1v) is 13.6. The van der Waals surface area contributed by atoms with Crippen LogP contribution in [0.1, 0.15) is 36.9 Å². The third kappa shape index (κ3) is 5.15. The molecule has 0 N–H and O–H groups in total. The van der Waals surface area contributed by atoms with Gasteiger partial charge in [0.05, 0.1) is 17.0 Å². The molecule has 0 spiro atoms. The highest BCUT2D eigenvalue weighted by molar-refractivity contribution is 7.89. The van der Waals surface area contributed by atoms with E-state index >= 15 is 0 Å². The maximum absolute atomic E-state index is 13.4. The van der Waals surface area contributed by atoms with E-state index in [-0.39, 0.29) is 18.9 Å². The molecule has 0 aliphatic carbocycles.